The SMILES string of the molecule is [C-]#[N+]c1cc(F)c(F)cc1F.[C-]#[N+]c1cc(F)c(N2CCN(C(=O)OC(C)(C)C)CC2)cc1F.[C-]#[N+]c1cc(F)c(N2CCN(C(=O)OC(C)(C)C)CC2)cc1OCCOC. The molecule has 0 unspecified atom stereocenters. The predicted octanol–water partition coefficient (Wildman–Crippen LogP) is 9.69. The Kier molecular flexibility index (Phi) is 17.5. The van der Waals surface area contributed by atoms with Crippen molar-refractivity contribution < 1.29 is 54.9 Å². The minimum atomic E-state index is -1.28. The molecule has 3 aromatic rings. The number of nitrogens with zero attached hydrogens (tertiary/aromatic N) is 7. The molecule has 0 radical (unpaired) electrons. The largest absolute Gasteiger partial charge is 0.502 e. The molecular formula is C42H47F6N7O6. The summed E-state index contributed by atoms with van der Waals surface area (Å²) in [5.41, 5.74) is -1.37. The van der Waals surface area contributed by atoms with E-state index in [9.17, 15) is 35.9 Å². The average molecular weight is 860 g/mol. The summed E-state index contributed by atoms with van der Waals surface area (Å²) in [6, 6.07) is 5.54. The van der Waals surface area contributed by atoms with Gasteiger partial charge in [-0.3, -0.25) is 0 Å². The van der Waals surface area contributed by atoms with E-state index in [2.05, 4.69) is 14.5 Å². The summed E-state index contributed by atoms with van der Waals surface area (Å²) in [5, 5.41) is 0. The molecule has 2 amide bonds. The van der Waals surface area contributed by atoms with Crippen molar-refractivity contribution in [1.82, 2.24) is 9.80 Å². The number of carbonyl (C=O) groups excluding carboxylic acids is 2. The zero-order valence-corrected chi connectivity index (χ0v) is 34.9. The maximum absolute atomic E-state index is 14.5. The van der Waals surface area contributed by atoms with Crippen molar-refractivity contribution in [3.8, 4) is 5.75 Å². The number of hydrogen-bond acceptors (Lipinski definition) is 8. The molecule has 0 N–H and O–H groups in total. The van der Waals surface area contributed by atoms with Crippen LogP contribution in [0.4, 0.5) is 64.4 Å². The van der Waals surface area contributed by atoms with Crippen LogP contribution in [0.3, 0.4) is 0 Å². The lowest BCUT2D eigenvalue weighted by atomic mass is 10.2. The lowest BCUT2D eigenvalue weighted by Crippen LogP contribution is -2.50. The standard InChI is InChI=1S/C19H26FN3O4.C16H19F2N3O2.C7H2F3N/c1-19(2,3)27-18(24)23-8-6-22(7-9-23)16-13-17(26-11-10-25-5)15(21-4)12-14(16)20;1-16(2,3)23-15(22)21-7-5-20(6-8-21)14-10-11(17)13(19-4)9-12(14)18;1-11-7-3-5(9)4(8)2-6(7)10/h12-13H,6-11H2,1-3,5H3;9-10H,5-8H2,1-3H3;2-3H. The molecule has 328 valence electrons. The van der Waals surface area contributed by atoms with Crippen molar-refractivity contribution in [3.63, 3.8) is 0 Å². The Balaban J connectivity index is 0.000000264. The smallest absolute Gasteiger partial charge is 0.410 e. The van der Waals surface area contributed by atoms with Crippen LogP contribution in [0.25, 0.3) is 14.5 Å². The van der Waals surface area contributed by atoms with Gasteiger partial charge in [0.15, 0.2) is 5.82 Å². The molecule has 0 saturated carbocycles. The number of rotatable bonds is 6. The first-order valence-electron chi connectivity index (χ1n) is 18.8. The van der Waals surface area contributed by atoms with Crippen molar-refractivity contribution in [2.45, 2.75) is 52.7 Å². The van der Waals surface area contributed by atoms with Gasteiger partial charge >= 0.3 is 12.2 Å². The second-order valence-electron chi connectivity index (χ2n) is 15.3. The number of piperazine rings is 2. The van der Waals surface area contributed by atoms with E-state index in [0.29, 0.717) is 82.5 Å². The zero-order valence-electron chi connectivity index (χ0n) is 34.9. The molecule has 2 saturated heterocycles. The van der Waals surface area contributed by atoms with Crippen LogP contribution >= 0.6 is 0 Å². The average Bonchev–Trinajstić information content (AvgIpc) is 3.19. The fourth-order valence-corrected chi connectivity index (χ4v) is 5.58. The predicted molar refractivity (Wildman–Crippen MR) is 215 cm³/mol. The molecule has 19 heteroatoms. The molecule has 2 heterocycles. The van der Waals surface area contributed by atoms with Crippen molar-refractivity contribution in [3.05, 3.63) is 106 Å². The maximum Gasteiger partial charge on any atom is 0.410 e. The number of methoxy groups -OCH3 is 1. The van der Waals surface area contributed by atoms with Crippen LogP contribution in [0, 0.1) is 54.6 Å². The minimum absolute atomic E-state index is 0.110. The van der Waals surface area contributed by atoms with Gasteiger partial charge in [-0.25, -0.2) is 50.5 Å². The van der Waals surface area contributed by atoms with E-state index in [1.807, 2.05) is 25.7 Å². The monoisotopic (exact) mass is 859 g/mol. The van der Waals surface area contributed by atoms with Gasteiger partial charge in [-0.05, 0) is 71.9 Å². The van der Waals surface area contributed by atoms with Crippen LogP contribution in [0.1, 0.15) is 41.5 Å². The molecule has 5 rings (SSSR count). The first-order chi connectivity index (χ1) is 28.6. The van der Waals surface area contributed by atoms with E-state index in [4.69, 9.17) is 38.7 Å². The van der Waals surface area contributed by atoms with Gasteiger partial charge in [0.2, 0.25) is 17.1 Å². The highest BCUT2D eigenvalue weighted by molar-refractivity contribution is 5.70. The van der Waals surface area contributed by atoms with Gasteiger partial charge in [-0.15, -0.1) is 0 Å². The second kappa shape index (κ2) is 21.7. The molecule has 2 fully saturated rings. The maximum atomic E-state index is 14.5. The molecule has 3 aromatic carbocycles. The number of ether oxygens (including phenoxy) is 4. The zero-order chi connectivity index (χ0) is 45.7. The Hall–Kier alpha value is -6.39. The van der Waals surface area contributed by atoms with Crippen molar-refractivity contribution in [2.24, 2.45) is 0 Å². The molecule has 0 atom stereocenters. The van der Waals surface area contributed by atoms with Crippen LogP contribution in [0.15, 0.2) is 36.4 Å². The van der Waals surface area contributed by atoms with E-state index in [1.165, 1.54) is 6.07 Å². The van der Waals surface area contributed by atoms with E-state index in [1.54, 1.807) is 48.6 Å². The summed E-state index contributed by atoms with van der Waals surface area (Å²) < 4.78 is 100. The minimum Gasteiger partial charge on any atom is -0.502 e. The summed E-state index contributed by atoms with van der Waals surface area (Å²) >= 11 is 0. The quantitative estimate of drug-likeness (QED) is 0.105. The van der Waals surface area contributed by atoms with Gasteiger partial charge in [0.1, 0.15) is 52.6 Å². The van der Waals surface area contributed by atoms with Gasteiger partial charge in [0.05, 0.1) is 37.7 Å². The second-order valence-corrected chi connectivity index (χ2v) is 15.3. The Morgan fingerprint density at radius 3 is 1.33 bits per heavy atom. The number of amides is 2. The number of benzene rings is 3. The summed E-state index contributed by atoms with van der Waals surface area (Å²) in [6.45, 7) is 35.1. The van der Waals surface area contributed by atoms with Crippen molar-refractivity contribution in [2.75, 3.05) is 82.5 Å². The van der Waals surface area contributed by atoms with Crippen molar-refractivity contribution in [1.29, 1.82) is 0 Å². The van der Waals surface area contributed by atoms with E-state index >= 15 is 0 Å². The fourth-order valence-electron chi connectivity index (χ4n) is 5.58. The summed E-state index contributed by atoms with van der Waals surface area (Å²) in [6.07, 6.45) is -0.776. The molecule has 0 aromatic heterocycles. The third-order valence-electron chi connectivity index (χ3n) is 8.48. The Bertz CT molecular complexity index is 2140. The van der Waals surface area contributed by atoms with Crippen LogP contribution in [0.5, 0.6) is 5.75 Å². The highest BCUT2D eigenvalue weighted by Gasteiger charge is 2.29. The third-order valence-corrected chi connectivity index (χ3v) is 8.48. The number of hydrogen-bond donors (Lipinski definition) is 0. The van der Waals surface area contributed by atoms with Gasteiger partial charge < -0.3 is 38.5 Å². The topological polar surface area (TPSA) is 97.1 Å². The molecule has 2 aliphatic rings. The Morgan fingerprint density at radius 2 is 0.918 bits per heavy atom. The van der Waals surface area contributed by atoms with Gasteiger partial charge in [0, 0.05) is 65.5 Å². The lowest BCUT2D eigenvalue weighted by molar-refractivity contribution is 0.0230. The van der Waals surface area contributed by atoms with Gasteiger partial charge in [-0.1, -0.05) is 0 Å². The summed E-state index contributed by atoms with van der Waals surface area (Å²) in [5.74, 6) is -5.07. The van der Waals surface area contributed by atoms with E-state index < -0.39 is 57.9 Å². The third kappa shape index (κ3) is 14.7. The number of halogens is 6. The molecule has 2 aliphatic heterocycles. The summed E-state index contributed by atoms with van der Waals surface area (Å²) in [4.78, 5) is 39.7. The van der Waals surface area contributed by atoms with Crippen molar-refractivity contribution >= 4 is 40.6 Å². The lowest BCUT2D eigenvalue weighted by Gasteiger charge is -2.37. The first kappa shape index (κ1) is 49.0. The van der Waals surface area contributed by atoms with Gasteiger partial charge in [0.25, 0.3) is 0 Å². The van der Waals surface area contributed by atoms with Crippen LogP contribution in [-0.4, -0.2) is 106 Å². The Labute approximate surface area is 351 Å². The normalized spacial score (nSPS) is 13.9. The van der Waals surface area contributed by atoms with E-state index in [0.717, 1.165) is 12.1 Å². The van der Waals surface area contributed by atoms with Gasteiger partial charge in [-0.2, -0.15) is 0 Å². The number of carbonyl (C=O) groups is 2. The van der Waals surface area contributed by atoms with E-state index in [-0.39, 0.29) is 29.8 Å². The molecule has 0 spiro atoms. The highest BCUT2D eigenvalue weighted by Crippen LogP contribution is 2.35. The summed E-state index contributed by atoms with van der Waals surface area (Å²) in [7, 11) is 1.55. The first-order valence-corrected chi connectivity index (χ1v) is 18.8. The number of anilines is 2. The Morgan fingerprint density at radius 1 is 0.541 bits per heavy atom. The van der Waals surface area contributed by atoms with Crippen LogP contribution in [-0.2, 0) is 14.2 Å². The highest BCUT2D eigenvalue weighted by atomic mass is 19.2. The van der Waals surface area contributed by atoms with Crippen LogP contribution < -0.4 is 14.5 Å². The fraction of sp³-hybridized carbons (Fsp3) is 0.452. The molecule has 0 aliphatic carbocycles. The molecule has 0 bridgehead atoms. The molecule has 61 heavy (non-hydrogen) atoms. The molecular weight excluding hydrogens is 812 g/mol. The van der Waals surface area contributed by atoms with Crippen LogP contribution in [0.2, 0.25) is 0 Å². The molecule has 13 nitrogen and oxygen atoms in total.